The van der Waals surface area contributed by atoms with Crippen LogP contribution in [-0.2, 0) is 66.4 Å². The molecule has 0 radical (unpaired) electrons. The maximum atomic E-state index is 13.2. The largest absolute Gasteiger partial charge is 0.449 e. The number of ether oxygens (including phenoxy) is 12. The van der Waals surface area contributed by atoms with Crippen LogP contribution < -0.4 is 16.0 Å². The van der Waals surface area contributed by atoms with Crippen molar-refractivity contribution in [2.75, 3.05) is 170 Å². The molecule has 21 heteroatoms. The Morgan fingerprint density at radius 1 is 0.500 bits per heavy atom. The lowest BCUT2D eigenvalue weighted by Gasteiger charge is -2.27. The first-order chi connectivity index (χ1) is 36.4. The van der Waals surface area contributed by atoms with E-state index in [0.717, 1.165) is 4.90 Å². The Bertz CT molecular complexity index is 2140. The molecule has 74 heavy (non-hydrogen) atoms. The maximum Gasteiger partial charge on any atom is 0.407 e. The first kappa shape index (κ1) is 57.8. The first-order valence-electron chi connectivity index (χ1n) is 25.5. The fourth-order valence-corrected chi connectivity index (χ4v) is 8.24. The van der Waals surface area contributed by atoms with Gasteiger partial charge in [-0.2, -0.15) is 0 Å². The zero-order valence-corrected chi connectivity index (χ0v) is 42.2. The van der Waals surface area contributed by atoms with E-state index in [1.165, 1.54) is 22.3 Å². The Labute approximate surface area is 432 Å². The van der Waals surface area contributed by atoms with Gasteiger partial charge in [-0.15, -0.1) is 0 Å². The van der Waals surface area contributed by atoms with Gasteiger partial charge in [-0.05, 0) is 47.2 Å². The summed E-state index contributed by atoms with van der Waals surface area (Å²) in [6.07, 6.45) is 0.403. The van der Waals surface area contributed by atoms with E-state index in [-0.39, 0.29) is 29.9 Å². The molecule has 406 valence electrons. The molecule has 6 rings (SSSR count). The third kappa shape index (κ3) is 19.4. The van der Waals surface area contributed by atoms with Crippen molar-refractivity contribution < 1.29 is 80.8 Å². The Hall–Kier alpha value is -5.43. The summed E-state index contributed by atoms with van der Waals surface area (Å²) in [7, 11) is 0. The van der Waals surface area contributed by atoms with E-state index >= 15 is 0 Å². The third-order valence-electron chi connectivity index (χ3n) is 11.8. The number of hydrogen-bond donors (Lipinski definition) is 3. The van der Waals surface area contributed by atoms with Gasteiger partial charge in [0.25, 0.3) is 11.8 Å². The summed E-state index contributed by atoms with van der Waals surface area (Å²) in [5.41, 5.74) is 5.66. The molecule has 1 aliphatic carbocycles. The number of carbonyl (C=O) groups is 5. The molecular weight excluding hydrogens is 965 g/mol. The van der Waals surface area contributed by atoms with Crippen LogP contribution in [0.3, 0.4) is 0 Å². The molecule has 21 nitrogen and oxygen atoms in total. The molecule has 1 atom stereocenters. The SMILES string of the molecule is O=C1CCC(N2C(=O)c3cccc(NCCOCCOCCOCCOCCOCCOCCOCCOCCOCCOCCOCCCNC(=O)OCC4c5ccccc5-c5ccccc54)c3C2=O)C(=O)N1. The molecule has 5 amide bonds. The Morgan fingerprint density at radius 3 is 1.41 bits per heavy atom. The maximum absolute atomic E-state index is 13.2. The van der Waals surface area contributed by atoms with E-state index in [0.29, 0.717) is 177 Å². The van der Waals surface area contributed by atoms with Gasteiger partial charge in [-0.3, -0.25) is 29.4 Å². The van der Waals surface area contributed by atoms with E-state index in [4.69, 9.17) is 56.8 Å². The van der Waals surface area contributed by atoms with E-state index in [1.807, 2.05) is 24.3 Å². The topological polar surface area (TPSA) is 235 Å². The average molecular weight is 1040 g/mol. The fourth-order valence-electron chi connectivity index (χ4n) is 8.24. The number of imide groups is 2. The summed E-state index contributed by atoms with van der Waals surface area (Å²) in [6.45, 7) is 10.9. The van der Waals surface area contributed by atoms with E-state index in [2.05, 4.69) is 40.2 Å². The van der Waals surface area contributed by atoms with E-state index in [1.54, 1.807) is 18.2 Å². The number of nitrogens with zero attached hydrogens (tertiary/aromatic N) is 1. The minimum atomic E-state index is -1.02. The lowest BCUT2D eigenvalue weighted by Crippen LogP contribution is -2.54. The smallest absolute Gasteiger partial charge is 0.407 e. The number of nitrogens with one attached hydrogen (secondary N) is 3. The highest BCUT2D eigenvalue weighted by atomic mass is 16.6. The zero-order chi connectivity index (χ0) is 51.8. The van der Waals surface area contributed by atoms with Crippen molar-refractivity contribution in [1.82, 2.24) is 15.5 Å². The Morgan fingerprint density at radius 2 is 0.932 bits per heavy atom. The van der Waals surface area contributed by atoms with Crippen LogP contribution in [0.25, 0.3) is 11.1 Å². The van der Waals surface area contributed by atoms with Crippen LogP contribution in [0, 0.1) is 0 Å². The molecule has 0 spiro atoms. The molecule has 2 heterocycles. The molecule has 0 aromatic heterocycles. The minimum Gasteiger partial charge on any atom is -0.449 e. The van der Waals surface area contributed by atoms with Gasteiger partial charge in [-0.25, -0.2) is 4.79 Å². The normalized spacial score (nSPS) is 15.1. The standard InChI is InChI=1S/C53H72N4O17/c58-48-14-13-47(50(59)56-48)57-51(60)44-11-5-12-46(49(44)52(57)61)54-16-18-64-20-22-66-24-26-68-28-30-70-32-34-72-36-38-73-37-35-71-33-31-69-29-27-67-25-23-65-21-19-63-17-6-15-55-53(62)74-39-45-42-9-3-1-7-40(42)41-8-2-4-10-43(41)45/h1-5,7-12,45,47,54H,6,13-39H2,(H,55,62)(H,56,58,59). The number of fused-ring (bicyclic) bond motifs is 4. The van der Waals surface area contributed by atoms with Crippen LogP contribution in [0.5, 0.6) is 0 Å². The number of benzene rings is 3. The Balaban J connectivity index is 0.595. The molecule has 1 unspecified atom stereocenters. The summed E-state index contributed by atoms with van der Waals surface area (Å²) >= 11 is 0. The second-order valence-corrected chi connectivity index (χ2v) is 16.9. The number of anilines is 1. The van der Waals surface area contributed by atoms with Gasteiger partial charge in [0.05, 0.1) is 150 Å². The zero-order valence-electron chi connectivity index (χ0n) is 42.2. The minimum absolute atomic E-state index is 0.0369. The quantitative estimate of drug-likeness (QED) is 0.0544. The molecular formula is C53H72N4O17. The molecule has 0 saturated carbocycles. The summed E-state index contributed by atoms with van der Waals surface area (Å²) in [5, 5.41) is 8.14. The third-order valence-corrected chi connectivity index (χ3v) is 11.8. The van der Waals surface area contributed by atoms with Crippen molar-refractivity contribution in [3.63, 3.8) is 0 Å². The van der Waals surface area contributed by atoms with Crippen molar-refractivity contribution in [1.29, 1.82) is 0 Å². The molecule has 0 bridgehead atoms. The van der Waals surface area contributed by atoms with Crippen LogP contribution in [0.15, 0.2) is 66.7 Å². The molecule has 1 saturated heterocycles. The summed E-state index contributed by atoms with van der Waals surface area (Å²) < 4.78 is 66.5. The van der Waals surface area contributed by atoms with Gasteiger partial charge >= 0.3 is 6.09 Å². The number of rotatable bonds is 41. The summed E-state index contributed by atoms with van der Waals surface area (Å²) in [4.78, 5) is 63.3. The van der Waals surface area contributed by atoms with Gasteiger partial charge in [0.2, 0.25) is 11.8 Å². The first-order valence-corrected chi connectivity index (χ1v) is 25.5. The number of alkyl carbamates (subject to hydrolysis) is 1. The molecule has 1 fully saturated rings. The molecule has 3 aliphatic rings. The van der Waals surface area contributed by atoms with Gasteiger partial charge < -0.3 is 67.5 Å². The number of hydrogen-bond acceptors (Lipinski definition) is 18. The predicted octanol–water partition coefficient (Wildman–Crippen LogP) is 3.61. The molecule has 3 aromatic rings. The van der Waals surface area contributed by atoms with Crippen LogP contribution in [-0.4, -0.2) is 206 Å². The fraction of sp³-hybridized carbons (Fsp3) is 0.566. The van der Waals surface area contributed by atoms with Crippen molar-refractivity contribution in [2.24, 2.45) is 0 Å². The number of piperidine rings is 1. The highest BCUT2D eigenvalue weighted by Crippen LogP contribution is 2.44. The van der Waals surface area contributed by atoms with Crippen molar-refractivity contribution >= 4 is 35.4 Å². The number of carbonyl (C=O) groups excluding carboxylic acids is 5. The van der Waals surface area contributed by atoms with Crippen LogP contribution in [0.1, 0.15) is 57.0 Å². The van der Waals surface area contributed by atoms with Crippen LogP contribution in [0.4, 0.5) is 10.5 Å². The lowest BCUT2D eigenvalue weighted by atomic mass is 9.98. The van der Waals surface area contributed by atoms with Crippen LogP contribution >= 0.6 is 0 Å². The summed E-state index contributed by atoms with van der Waals surface area (Å²) in [6, 6.07) is 20.4. The van der Waals surface area contributed by atoms with Gasteiger partial charge in [0, 0.05) is 37.7 Å². The lowest BCUT2D eigenvalue weighted by molar-refractivity contribution is -0.136. The second kappa shape index (κ2) is 34.2. The highest BCUT2D eigenvalue weighted by molar-refractivity contribution is 6.25. The van der Waals surface area contributed by atoms with Gasteiger partial charge in [0.1, 0.15) is 12.6 Å². The van der Waals surface area contributed by atoms with Crippen LogP contribution in [0.2, 0.25) is 0 Å². The van der Waals surface area contributed by atoms with Gasteiger partial charge in [0.15, 0.2) is 0 Å². The summed E-state index contributed by atoms with van der Waals surface area (Å²) in [5.74, 6) is -2.15. The molecule has 3 aromatic carbocycles. The van der Waals surface area contributed by atoms with Crippen molar-refractivity contribution in [3.05, 3.63) is 89.0 Å². The average Bonchev–Trinajstić information content (AvgIpc) is 3.88. The van der Waals surface area contributed by atoms with Crippen molar-refractivity contribution in [3.8, 4) is 11.1 Å². The monoisotopic (exact) mass is 1040 g/mol. The molecule has 3 N–H and O–H groups in total. The number of amides is 5. The van der Waals surface area contributed by atoms with E-state index in [9.17, 15) is 24.0 Å². The van der Waals surface area contributed by atoms with E-state index < -0.39 is 35.8 Å². The Kier molecular flexibility index (Phi) is 26.7. The highest BCUT2D eigenvalue weighted by Gasteiger charge is 2.45. The van der Waals surface area contributed by atoms with Gasteiger partial charge in [-0.1, -0.05) is 54.6 Å². The van der Waals surface area contributed by atoms with Crippen molar-refractivity contribution in [2.45, 2.75) is 31.2 Å². The predicted molar refractivity (Wildman–Crippen MR) is 268 cm³/mol. The second-order valence-electron chi connectivity index (χ2n) is 16.9. The molecule has 2 aliphatic heterocycles.